The lowest BCUT2D eigenvalue weighted by molar-refractivity contribution is 0.0924. The van der Waals surface area contributed by atoms with E-state index in [9.17, 15) is 4.79 Å². The number of hydrogen-bond donors (Lipinski definition) is 1. The number of hydrogen-bond acceptors (Lipinski definition) is 3. The summed E-state index contributed by atoms with van der Waals surface area (Å²) in [7, 11) is 0. The third-order valence-corrected chi connectivity index (χ3v) is 5.22. The van der Waals surface area contributed by atoms with Crippen LogP contribution < -0.4 is 10.1 Å². The molecule has 1 N–H and O–H groups in total. The van der Waals surface area contributed by atoms with E-state index in [2.05, 4.69) is 5.32 Å². The molecule has 1 amide bonds. The number of amides is 1. The molecule has 0 aliphatic carbocycles. The number of benzene rings is 3. The van der Waals surface area contributed by atoms with E-state index in [1.807, 2.05) is 80.6 Å². The van der Waals surface area contributed by atoms with E-state index in [0.29, 0.717) is 22.9 Å². The van der Waals surface area contributed by atoms with Gasteiger partial charge in [0, 0.05) is 22.5 Å². The quantitative estimate of drug-likeness (QED) is 0.416. The van der Waals surface area contributed by atoms with Crippen LogP contribution in [0.25, 0.3) is 11.0 Å². The summed E-state index contributed by atoms with van der Waals surface area (Å²) in [4.78, 5) is 12.5. The Kier molecular flexibility index (Phi) is 5.28. The van der Waals surface area contributed by atoms with Crippen LogP contribution in [0, 0.1) is 13.8 Å². The zero-order valence-corrected chi connectivity index (χ0v) is 16.9. The second-order valence-corrected chi connectivity index (χ2v) is 7.30. The molecule has 1 heterocycles. The van der Waals surface area contributed by atoms with Gasteiger partial charge in [-0.15, -0.1) is 0 Å². The van der Waals surface area contributed by atoms with E-state index in [1.54, 1.807) is 0 Å². The van der Waals surface area contributed by atoms with Gasteiger partial charge in [0.05, 0.1) is 0 Å². The highest BCUT2D eigenvalue weighted by molar-refractivity contribution is 6.31. The highest BCUT2D eigenvalue weighted by atomic mass is 35.5. The van der Waals surface area contributed by atoms with Crippen molar-refractivity contribution in [3.63, 3.8) is 0 Å². The topological polar surface area (TPSA) is 51.5 Å². The molecule has 0 unspecified atom stereocenters. The van der Waals surface area contributed by atoms with Crippen molar-refractivity contribution in [2.45, 2.75) is 20.4 Å². The van der Waals surface area contributed by atoms with Gasteiger partial charge >= 0.3 is 0 Å². The molecule has 0 fully saturated rings. The molecule has 3 aromatic carbocycles. The van der Waals surface area contributed by atoms with Crippen molar-refractivity contribution in [3.05, 3.63) is 94.2 Å². The van der Waals surface area contributed by atoms with E-state index in [1.165, 1.54) is 0 Å². The van der Waals surface area contributed by atoms with E-state index >= 15 is 0 Å². The maximum Gasteiger partial charge on any atom is 0.287 e. The summed E-state index contributed by atoms with van der Waals surface area (Å²) in [6.07, 6.45) is 0. The van der Waals surface area contributed by atoms with Crippen LogP contribution in [0.4, 0.5) is 0 Å². The highest BCUT2D eigenvalue weighted by Gasteiger charge is 2.16. The lowest BCUT2D eigenvalue weighted by atomic mass is 10.1. The number of furan rings is 1. The molecule has 0 bridgehead atoms. The van der Waals surface area contributed by atoms with Gasteiger partial charge in [-0.25, -0.2) is 0 Å². The fourth-order valence-corrected chi connectivity index (χ4v) is 3.26. The first-order chi connectivity index (χ1) is 14.0. The van der Waals surface area contributed by atoms with Crippen molar-refractivity contribution in [2.24, 2.45) is 0 Å². The van der Waals surface area contributed by atoms with Crippen molar-refractivity contribution in [1.29, 1.82) is 0 Å². The molecule has 4 rings (SSSR count). The van der Waals surface area contributed by atoms with Crippen molar-refractivity contribution in [3.8, 4) is 11.5 Å². The second kappa shape index (κ2) is 8.02. The number of carbonyl (C=O) groups excluding carboxylic acids is 1. The molecule has 0 aliphatic rings. The summed E-state index contributed by atoms with van der Waals surface area (Å²) in [5.74, 6) is 1.57. The number of rotatable bonds is 5. The summed E-state index contributed by atoms with van der Waals surface area (Å²) < 4.78 is 11.6. The third-order valence-electron chi connectivity index (χ3n) is 4.79. The zero-order chi connectivity index (χ0) is 20.4. The Hall–Kier alpha value is -3.24. The van der Waals surface area contributed by atoms with Gasteiger partial charge in [-0.1, -0.05) is 41.9 Å². The number of halogens is 1. The Labute approximate surface area is 174 Å². The summed E-state index contributed by atoms with van der Waals surface area (Å²) in [6, 6.07) is 20.8. The van der Waals surface area contributed by atoms with Gasteiger partial charge in [-0.2, -0.15) is 0 Å². The van der Waals surface area contributed by atoms with Crippen LogP contribution in [0.2, 0.25) is 5.02 Å². The van der Waals surface area contributed by atoms with E-state index in [4.69, 9.17) is 20.8 Å². The Morgan fingerprint density at radius 2 is 1.72 bits per heavy atom. The fraction of sp³-hybridized carbons (Fsp3) is 0.125. The van der Waals surface area contributed by atoms with Crippen molar-refractivity contribution < 1.29 is 13.9 Å². The van der Waals surface area contributed by atoms with Crippen LogP contribution >= 0.6 is 11.6 Å². The lowest BCUT2D eigenvalue weighted by Crippen LogP contribution is -2.22. The minimum absolute atomic E-state index is 0.226. The van der Waals surface area contributed by atoms with E-state index < -0.39 is 0 Å². The predicted molar refractivity (Wildman–Crippen MR) is 115 cm³/mol. The Morgan fingerprint density at radius 3 is 2.45 bits per heavy atom. The van der Waals surface area contributed by atoms with E-state index in [0.717, 1.165) is 33.6 Å². The lowest BCUT2D eigenvalue weighted by Gasteiger charge is -2.09. The molecular formula is C24H20ClNO3. The number of aryl methyl sites for hydroxylation is 2. The van der Waals surface area contributed by atoms with Gasteiger partial charge in [-0.05, 0) is 61.4 Å². The summed E-state index contributed by atoms with van der Waals surface area (Å²) in [6.45, 7) is 4.23. The molecule has 5 heteroatoms. The maximum absolute atomic E-state index is 12.5. The van der Waals surface area contributed by atoms with Crippen LogP contribution in [0.5, 0.6) is 11.5 Å². The SMILES string of the molecule is Cc1cc(Oc2ccc(CNC(=O)c3oc4ccccc4c3C)cc2)ccc1Cl. The first kappa shape index (κ1) is 19.1. The Bertz CT molecular complexity index is 1180. The minimum atomic E-state index is -0.226. The van der Waals surface area contributed by atoms with Crippen LogP contribution in [-0.4, -0.2) is 5.91 Å². The second-order valence-electron chi connectivity index (χ2n) is 6.89. The minimum Gasteiger partial charge on any atom is -0.457 e. The van der Waals surface area contributed by atoms with Gasteiger partial charge in [-0.3, -0.25) is 4.79 Å². The van der Waals surface area contributed by atoms with Crippen LogP contribution in [0.1, 0.15) is 27.2 Å². The average molecular weight is 406 g/mol. The number of nitrogens with one attached hydrogen (secondary N) is 1. The molecule has 0 atom stereocenters. The molecule has 0 radical (unpaired) electrons. The molecule has 146 valence electrons. The predicted octanol–water partition coefficient (Wildman–Crippen LogP) is 6.43. The van der Waals surface area contributed by atoms with Gasteiger partial charge < -0.3 is 14.5 Å². The summed E-state index contributed by atoms with van der Waals surface area (Å²) in [5.41, 5.74) is 3.49. The molecule has 0 saturated carbocycles. The van der Waals surface area contributed by atoms with Gasteiger partial charge in [0.1, 0.15) is 17.1 Å². The van der Waals surface area contributed by atoms with Crippen molar-refractivity contribution in [1.82, 2.24) is 5.32 Å². The molecule has 0 saturated heterocycles. The van der Waals surface area contributed by atoms with Gasteiger partial charge in [0.2, 0.25) is 0 Å². The first-order valence-corrected chi connectivity index (χ1v) is 9.68. The largest absolute Gasteiger partial charge is 0.457 e. The number of para-hydroxylation sites is 1. The van der Waals surface area contributed by atoms with Crippen LogP contribution in [0.15, 0.2) is 71.1 Å². The molecule has 4 aromatic rings. The zero-order valence-electron chi connectivity index (χ0n) is 16.2. The van der Waals surface area contributed by atoms with Gasteiger partial charge in [0.25, 0.3) is 5.91 Å². The monoisotopic (exact) mass is 405 g/mol. The Balaban J connectivity index is 1.40. The molecule has 0 aliphatic heterocycles. The maximum atomic E-state index is 12.5. The number of fused-ring (bicyclic) bond motifs is 1. The molecule has 29 heavy (non-hydrogen) atoms. The normalized spacial score (nSPS) is 10.9. The van der Waals surface area contributed by atoms with Crippen molar-refractivity contribution in [2.75, 3.05) is 0 Å². The molecule has 4 nitrogen and oxygen atoms in total. The van der Waals surface area contributed by atoms with Crippen LogP contribution in [-0.2, 0) is 6.54 Å². The smallest absolute Gasteiger partial charge is 0.287 e. The van der Waals surface area contributed by atoms with Gasteiger partial charge in [0.15, 0.2) is 5.76 Å². The number of carbonyl (C=O) groups is 1. The number of ether oxygens (including phenoxy) is 1. The molecule has 1 aromatic heterocycles. The van der Waals surface area contributed by atoms with Crippen molar-refractivity contribution >= 4 is 28.5 Å². The standard InChI is InChI=1S/C24H20ClNO3/c1-15-13-19(11-12-21(15)25)28-18-9-7-17(8-10-18)14-26-24(27)23-16(2)20-5-3-4-6-22(20)29-23/h3-13H,14H2,1-2H3,(H,26,27). The Morgan fingerprint density at radius 1 is 1.00 bits per heavy atom. The first-order valence-electron chi connectivity index (χ1n) is 9.30. The third kappa shape index (κ3) is 4.13. The summed E-state index contributed by atoms with van der Waals surface area (Å²) in [5, 5.41) is 4.58. The molecule has 0 spiro atoms. The molecular weight excluding hydrogens is 386 g/mol. The fourth-order valence-electron chi connectivity index (χ4n) is 3.15. The van der Waals surface area contributed by atoms with E-state index in [-0.39, 0.29) is 5.91 Å². The highest BCUT2D eigenvalue weighted by Crippen LogP contribution is 2.27. The average Bonchev–Trinajstić information content (AvgIpc) is 3.07. The summed E-state index contributed by atoms with van der Waals surface area (Å²) >= 11 is 6.04. The van der Waals surface area contributed by atoms with Crippen LogP contribution in [0.3, 0.4) is 0 Å².